The maximum absolute atomic E-state index is 13.5. The van der Waals surface area contributed by atoms with Crippen molar-refractivity contribution in [1.29, 1.82) is 0 Å². The van der Waals surface area contributed by atoms with Gasteiger partial charge in [-0.25, -0.2) is 4.39 Å². The van der Waals surface area contributed by atoms with Crippen LogP contribution in [-0.2, 0) is 11.4 Å². The fourth-order valence-corrected chi connectivity index (χ4v) is 1.97. The highest BCUT2D eigenvalue weighted by molar-refractivity contribution is 5.83. The molecule has 5 heteroatoms. The molecule has 0 bridgehead atoms. The number of primary amides is 1. The van der Waals surface area contributed by atoms with Crippen molar-refractivity contribution in [2.24, 2.45) is 5.73 Å². The van der Waals surface area contributed by atoms with E-state index in [1.54, 1.807) is 49.2 Å². The van der Waals surface area contributed by atoms with Gasteiger partial charge in [0, 0.05) is 18.3 Å². The highest BCUT2D eigenvalue weighted by Crippen LogP contribution is 2.21. The number of hydrogen-bond donors (Lipinski definition) is 1. The number of nitrogens with two attached hydrogens (primary N) is 1. The molecule has 0 aromatic heterocycles. The van der Waals surface area contributed by atoms with E-state index < -0.39 is 6.04 Å². The molecule has 0 spiro atoms. The molecule has 0 aliphatic rings. The second-order valence-corrected chi connectivity index (χ2v) is 5.06. The zero-order chi connectivity index (χ0) is 16.1. The fraction of sp³-hybridized carbons (Fsp3) is 0.235. The molecule has 0 heterocycles. The van der Waals surface area contributed by atoms with Crippen LogP contribution in [0.3, 0.4) is 0 Å². The van der Waals surface area contributed by atoms with Gasteiger partial charge in [0.25, 0.3) is 0 Å². The van der Waals surface area contributed by atoms with Crippen LogP contribution in [0.4, 0.5) is 10.1 Å². The second kappa shape index (κ2) is 6.93. The number of ether oxygens (including phenoxy) is 1. The van der Waals surface area contributed by atoms with Gasteiger partial charge in [-0.1, -0.05) is 18.2 Å². The van der Waals surface area contributed by atoms with Gasteiger partial charge in [-0.05, 0) is 37.3 Å². The normalized spacial score (nSPS) is 11.8. The average molecular weight is 302 g/mol. The van der Waals surface area contributed by atoms with Crippen LogP contribution >= 0.6 is 0 Å². The molecule has 22 heavy (non-hydrogen) atoms. The van der Waals surface area contributed by atoms with E-state index in [4.69, 9.17) is 10.5 Å². The predicted molar refractivity (Wildman–Crippen MR) is 84.2 cm³/mol. The van der Waals surface area contributed by atoms with Crippen LogP contribution in [0.5, 0.6) is 5.75 Å². The summed E-state index contributed by atoms with van der Waals surface area (Å²) in [5.74, 6) is -0.0383. The van der Waals surface area contributed by atoms with Gasteiger partial charge in [-0.3, -0.25) is 4.79 Å². The van der Waals surface area contributed by atoms with E-state index in [-0.39, 0.29) is 18.3 Å². The van der Waals surface area contributed by atoms with Crippen LogP contribution < -0.4 is 15.4 Å². The number of likely N-dealkylation sites (N-methyl/N-ethyl adjacent to an activating group) is 1. The Morgan fingerprint density at radius 3 is 2.45 bits per heavy atom. The first-order valence-corrected chi connectivity index (χ1v) is 6.97. The molecule has 2 rings (SSSR count). The molecule has 116 valence electrons. The second-order valence-electron chi connectivity index (χ2n) is 5.06. The van der Waals surface area contributed by atoms with Gasteiger partial charge in [-0.15, -0.1) is 0 Å². The standard InChI is InChI=1S/C17H19FN2O2/c1-12(17(19)21)20(2)14-7-9-15(10-8-14)22-11-13-5-3-4-6-16(13)18/h3-10,12H,11H2,1-2H3,(H2,19,21)/t12-/m0/s1. The van der Waals surface area contributed by atoms with Crippen LogP contribution in [0, 0.1) is 5.82 Å². The van der Waals surface area contributed by atoms with Crippen LogP contribution in [0.2, 0.25) is 0 Å². The number of anilines is 1. The van der Waals surface area contributed by atoms with Crippen molar-refractivity contribution < 1.29 is 13.9 Å². The molecule has 1 amide bonds. The summed E-state index contributed by atoms with van der Waals surface area (Å²) in [5, 5.41) is 0. The number of amides is 1. The number of halogens is 1. The largest absolute Gasteiger partial charge is 0.489 e. The molecule has 0 saturated carbocycles. The number of carbonyl (C=O) groups is 1. The Balaban J connectivity index is 2.00. The maximum atomic E-state index is 13.5. The summed E-state index contributed by atoms with van der Waals surface area (Å²) in [7, 11) is 1.80. The summed E-state index contributed by atoms with van der Waals surface area (Å²) in [6.07, 6.45) is 0. The summed E-state index contributed by atoms with van der Waals surface area (Å²) in [4.78, 5) is 13.0. The minimum absolute atomic E-state index is 0.166. The van der Waals surface area contributed by atoms with Crippen molar-refractivity contribution in [3.63, 3.8) is 0 Å². The van der Waals surface area contributed by atoms with E-state index in [0.717, 1.165) is 5.69 Å². The molecule has 0 aliphatic carbocycles. The number of rotatable bonds is 6. The molecule has 0 aliphatic heterocycles. The van der Waals surface area contributed by atoms with Crippen LogP contribution in [0.1, 0.15) is 12.5 Å². The third kappa shape index (κ3) is 3.75. The van der Waals surface area contributed by atoms with Crippen molar-refractivity contribution in [2.75, 3.05) is 11.9 Å². The highest BCUT2D eigenvalue weighted by atomic mass is 19.1. The summed E-state index contributed by atoms with van der Waals surface area (Å²) < 4.78 is 19.1. The van der Waals surface area contributed by atoms with Gasteiger partial charge in [0.2, 0.25) is 5.91 Å². The zero-order valence-electron chi connectivity index (χ0n) is 12.6. The average Bonchev–Trinajstić information content (AvgIpc) is 2.53. The van der Waals surface area contributed by atoms with Gasteiger partial charge in [-0.2, -0.15) is 0 Å². The lowest BCUT2D eigenvalue weighted by Crippen LogP contribution is -2.40. The molecule has 1 atom stereocenters. The number of benzene rings is 2. The van der Waals surface area contributed by atoms with Gasteiger partial charge < -0.3 is 15.4 Å². The van der Waals surface area contributed by atoms with Crippen molar-refractivity contribution in [3.8, 4) is 5.75 Å². The van der Waals surface area contributed by atoms with Crippen LogP contribution in [-0.4, -0.2) is 19.0 Å². The molecule has 4 nitrogen and oxygen atoms in total. The van der Waals surface area contributed by atoms with Crippen molar-refractivity contribution in [3.05, 3.63) is 59.9 Å². The third-order valence-electron chi connectivity index (χ3n) is 3.59. The van der Waals surface area contributed by atoms with Crippen molar-refractivity contribution >= 4 is 11.6 Å². The molecule has 0 fully saturated rings. The molecule has 2 aromatic rings. The van der Waals surface area contributed by atoms with Gasteiger partial charge in [0.1, 0.15) is 24.2 Å². The summed E-state index contributed by atoms with van der Waals surface area (Å²) in [6, 6.07) is 13.3. The summed E-state index contributed by atoms with van der Waals surface area (Å²) in [5.41, 5.74) is 6.65. The minimum Gasteiger partial charge on any atom is -0.489 e. The molecule has 0 saturated heterocycles. The highest BCUT2D eigenvalue weighted by Gasteiger charge is 2.15. The first kappa shape index (κ1) is 15.8. The quantitative estimate of drug-likeness (QED) is 0.892. The molecule has 2 N–H and O–H groups in total. The molecule has 2 aromatic carbocycles. The Bertz CT molecular complexity index is 643. The van der Waals surface area contributed by atoms with E-state index >= 15 is 0 Å². The number of nitrogens with zero attached hydrogens (tertiary/aromatic N) is 1. The van der Waals surface area contributed by atoms with Crippen molar-refractivity contribution in [1.82, 2.24) is 0 Å². The Labute approximate surface area is 129 Å². The third-order valence-corrected chi connectivity index (χ3v) is 3.59. The lowest BCUT2D eigenvalue weighted by Gasteiger charge is -2.24. The topological polar surface area (TPSA) is 55.6 Å². The van der Waals surface area contributed by atoms with E-state index in [1.165, 1.54) is 6.07 Å². The first-order valence-electron chi connectivity index (χ1n) is 6.97. The Hall–Kier alpha value is -2.56. The Morgan fingerprint density at radius 1 is 1.23 bits per heavy atom. The first-order chi connectivity index (χ1) is 10.5. The van der Waals surface area contributed by atoms with Gasteiger partial charge in [0.15, 0.2) is 0 Å². The lowest BCUT2D eigenvalue weighted by atomic mass is 10.2. The van der Waals surface area contributed by atoms with Gasteiger partial charge in [0.05, 0.1) is 0 Å². The van der Waals surface area contributed by atoms with E-state index in [2.05, 4.69) is 0 Å². The molecule has 0 radical (unpaired) electrons. The summed E-state index contributed by atoms with van der Waals surface area (Å²) >= 11 is 0. The zero-order valence-corrected chi connectivity index (χ0v) is 12.6. The number of carbonyl (C=O) groups excluding carboxylic acids is 1. The lowest BCUT2D eigenvalue weighted by molar-refractivity contribution is -0.118. The monoisotopic (exact) mass is 302 g/mol. The van der Waals surface area contributed by atoms with E-state index in [9.17, 15) is 9.18 Å². The number of hydrogen-bond acceptors (Lipinski definition) is 3. The fourth-order valence-electron chi connectivity index (χ4n) is 1.97. The summed E-state index contributed by atoms with van der Waals surface area (Å²) in [6.45, 7) is 1.91. The van der Waals surface area contributed by atoms with E-state index in [1.807, 2.05) is 12.1 Å². The van der Waals surface area contributed by atoms with Crippen molar-refractivity contribution in [2.45, 2.75) is 19.6 Å². The Morgan fingerprint density at radius 2 is 1.86 bits per heavy atom. The Kier molecular flexibility index (Phi) is 4.99. The van der Waals surface area contributed by atoms with Crippen LogP contribution in [0.15, 0.2) is 48.5 Å². The smallest absolute Gasteiger partial charge is 0.239 e. The van der Waals surface area contributed by atoms with Gasteiger partial charge >= 0.3 is 0 Å². The molecule has 0 unspecified atom stereocenters. The maximum Gasteiger partial charge on any atom is 0.239 e. The minimum atomic E-state index is -0.398. The SMILES string of the molecule is C[C@@H](C(N)=O)N(C)c1ccc(OCc2ccccc2F)cc1. The predicted octanol–water partition coefficient (Wildman–Crippen LogP) is 2.71. The molecular formula is C17H19FN2O2. The van der Waals surface area contributed by atoms with Crippen LogP contribution in [0.25, 0.3) is 0 Å². The van der Waals surface area contributed by atoms with E-state index in [0.29, 0.717) is 11.3 Å². The molecular weight excluding hydrogens is 283 g/mol.